The number of aromatic nitrogens is 3. The van der Waals surface area contributed by atoms with Gasteiger partial charge in [0.15, 0.2) is 11.0 Å². The van der Waals surface area contributed by atoms with Gasteiger partial charge in [-0.25, -0.2) is 0 Å². The second kappa shape index (κ2) is 7.33. The summed E-state index contributed by atoms with van der Waals surface area (Å²) in [6.45, 7) is 3.77. The third kappa shape index (κ3) is 3.88. The maximum Gasteiger partial charge on any atom is 0.234 e. The van der Waals surface area contributed by atoms with Crippen LogP contribution in [0.4, 0.5) is 5.69 Å². The van der Waals surface area contributed by atoms with Crippen LogP contribution in [0.2, 0.25) is 5.02 Å². The van der Waals surface area contributed by atoms with E-state index in [0.717, 1.165) is 22.6 Å². The number of nitrogens with zero attached hydrogens (tertiary/aromatic N) is 3. The smallest absolute Gasteiger partial charge is 0.234 e. The van der Waals surface area contributed by atoms with E-state index in [0.29, 0.717) is 16.0 Å². The minimum Gasteiger partial charge on any atom is -0.469 e. The van der Waals surface area contributed by atoms with Crippen LogP contribution in [0.1, 0.15) is 11.3 Å². The summed E-state index contributed by atoms with van der Waals surface area (Å²) in [6, 6.07) is 7.21. The number of carbonyl (C=O) groups excluding carboxylic acids is 1. The fourth-order valence-corrected chi connectivity index (χ4v) is 3.31. The van der Waals surface area contributed by atoms with Crippen molar-refractivity contribution >= 4 is 35.0 Å². The molecule has 0 radical (unpaired) electrons. The normalized spacial score (nSPS) is 10.9. The lowest BCUT2D eigenvalue weighted by molar-refractivity contribution is -0.113. The van der Waals surface area contributed by atoms with Crippen LogP contribution in [0.3, 0.4) is 0 Å². The van der Waals surface area contributed by atoms with Crippen LogP contribution < -0.4 is 5.32 Å². The van der Waals surface area contributed by atoms with E-state index in [4.69, 9.17) is 16.0 Å². The summed E-state index contributed by atoms with van der Waals surface area (Å²) in [5.41, 5.74) is 2.56. The predicted molar refractivity (Wildman–Crippen MR) is 99.0 cm³/mol. The molecule has 1 amide bonds. The molecule has 0 bridgehead atoms. The number of rotatable bonds is 5. The van der Waals surface area contributed by atoms with Crippen LogP contribution in [0.15, 0.2) is 40.1 Å². The SMILES string of the molecule is Cc1cc(Cl)ccc1NC(=O)CSc1nnc(-c2ccoc2C)n1C. The molecular formula is C17H17ClN4O2S. The molecule has 3 rings (SSSR count). The minimum absolute atomic E-state index is 0.112. The first kappa shape index (κ1) is 17.6. The number of halogens is 1. The zero-order chi connectivity index (χ0) is 18.0. The first-order valence-corrected chi connectivity index (χ1v) is 8.94. The fourth-order valence-electron chi connectivity index (χ4n) is 2.38. The predicted octanol–water partition coefficient (Wildman–Crippen LogP) is 4.08. The molecule has 0 saturated carbocycles. The molecule has 0 aliphatic carbocycles. The number of hydrogen-bond acceptors (Lipinski definition) is 5. The topological polar surface area (TPSA) is 73.0 Å². The number of aryl methyl sites for hydroxylation is 2. The van der Waals surface area contributed by atoms with Crippen LogP contribution in [-0.2, 0) is 11.8 Å². The van der Waals surface area contributed by atoms with Crippen LogP contribution in [0, 0.1) is 13.8 Å². The molecule has 1 N–H and O–H groups in total. The van der Waals surface area contributed by atoms with Crippen molar-refractivity contribution < 1.29 is 9.21 Å². The third-order valence-electron chi connectivity index (χ3n) is 3.73. The number of thioether (sulfide) groups is 1. The van der Waals surface area contributed by atoms with Gasteiger partial charge in [0.1, 0.15) is 5.76 Å². The summed E-state index contributed by atoms with van der Waals surface area (Å²) in [5, 5.41) is 12.5. The van der Waals surface area contributed by atoms with Crippen molar-refractivity contribution in [2.45, 2.75) is 19.0 Å². The maximum absolute atomic E-state index is 12.2. The Morgan fingerprint density at radius 1 is 1.32 bits per heavy atom. The van der Waals surface area contributed by atoms with Gasteiger partial charge in [0.25, 0.3) is 0 Å². The monoisotopic (exact) mass is 376 g/mol. The van der Waals surface area contributed by atoms with Crippen molar-refractivity contribution in [2.24, 2.45) is 7.05 Å². The van der Waals surface area contributed by atoms with E-state index in [-0.39, 0.29) is 11.7 Å². The maximum atomic E-state index is 12.2. The molecule has 0 unspecified atom stereocenters. The van der Waals surface area contributed by atoms with Crippen molar-refractivity contribution in [1.29, 1.82) is 0 Å². The average molecular weight is 377 g/mol. The lowest BCUT2D eigenvalue weighted by Gasteiger charge is -2.08. The lowest BCUT2D eigenvalue weighted by Crippen LogP contribution is -2.15. The first-order chi connectivity index (χ1) is 12.0. The zero-order valence-electron chi connectivity index (χ0n) is 14.0. The van der Waals surface area contributed by atoms with Crippen LogP contribution in [0.25, 0.3) is 11.4 Å². The molecule has 3 aromatic rings. The highest BCUT2D eigenvalue weighted by atomic mass is 35.5. The van der Waals surface area contributed by atoms with E-state index in [9.17, 15) is 4.79 Å². The van der Waals surface area contributed by atoms with Gasteiger partial charge in [-0.2, -0.15) is 0 Å². The van der Waals surface area contributed by atoms with Crippen LogP contribution >= 0.6 is 23.4 Å². The molecule has 2 aromatic heterocycles. The largest absolute Gasteiger partial charge is 0.469 e. The zero-order valence-corrected chi connectivity index (χ0v) is 15.6. The van der Waals surface area contributed by atoms with Gasteiger partial charge in [0.05, 0.1) is 17.6 Å². The Bertz CT molecular complexity index is 919. The third-order valence-corrected chi connectivity index (χ3v) is 4.98. The highest BCUT2D eigenvalue weighted by Gasteiger charge is 2.16. The van der Waals surface area contributed by atoms with Gasteiger partial charge in [-0.3, -0.25) is 4.79 Å². The Kier molecular flexibility index (Phi) is 5.15. The number of benzene rings is 1. The van der Waals surface area contributed by atoms with E-state index in [1.54, 1.807) is 18.4 Å². The quantitative estimate of drug-likeness (QED) is 0.679. The molecule has 8 heteroatoms. The fraction of sp³-hybridized carbons (Fsp3) is 0.235. The summed E-state index contributed by atoms with van der Waals surface area (Å²) in [4.78, 5) is 12.2. The van der Waals surface area contributed by atoms with Gasteiger partial charge < -0.3 is 14.3 Å². The van der Waals surface area contributed by atoms with Gasteiger partial charge in [0, 0.05) is 17.8 Å². The molecule has 1 aromatic carbocycles. The molecule has 0 spiro atoms. The molecule has 0 fully saturated rings. The molecule has 130 valence electrons. The van der Waals surface area contributed by atoms with Gasteiger partial charge in [0.2, 0.25) is 5.91 Å². The number of nitrogens with one attached hydrogen (secondary N) is 1. The summed E-state index contributed by atoms with van der Waals surface area (Å²) in [5.74, 6) is 1.61. The highest BCUT2D eigenvalue weighted by Crippen LogP contribution is 2.26. The molecule has 0 aliphatic heterocycles. The number of hydrogen-bond donors (Lipinski definition) is 1. The molecular weight excluding hydrogens is 360 g/mol. The highest BCUT2D eigenvalue weighted by molar-refractivity contribution is 7.99. The van der Waals surface area contributed by atoms with E-state index in [2.05, 4.69) is 15.5 Å². The van der Waals surface area contributed by atoms with E-state index in [1.165, 1.54) is 11.8 Å². The number of furan rings is 1. The summed E-state index contributed by atoms with van der Waals surface area (Å²) >= 11 is 7.25. The van der Waals surface area contributed by atoms with Gasteiger partial charge in [-0.1, -0.05) is 23.4 Å². The second-order valence-electron chi connectivity index (χ2n) is 5.55. The van der Waals surface area contributed by atoms with Gasteiger partial charge in [-0.15, -0.1) is 10.2 Å². The van der Waals surface area contributed by atoms with Crippen LogP contribution in [0.5, 0.6) is 0 Å². The van der Waals surface area contributed by atoms with Crippen molar-refractivity contribution in [3.8, 4) is 11.4 Å². The van der Waals surface area contributed by atoms with Gasteiger partial charge in [-0.05, 0) is 43.7 Å². The summed E-state index contributed by atoms with van der Waals surface area (Å²) in [6.07, 6.45) is 1.62. The van der Waals surface area contributed by atoms with Crippen molar-refractivity contribution in [3.05, 3.63) is 46.9 Å². The van der Waals surface area contributed by atoms with Crippen LogP contribution in [-0.4, -0.2) is 26.4 Å². The molecule has 2 heterocycles. The summed E-state index contributed by atoms with van der Waals surface area (Å²) < 4.78 is 7.16. The Hall–Kier alpha value is -2.25. The molecule has 0 aliphatic rings. The average Bonchev–Trinajstić information content (AvgIpc) is 3.14. The molecule has 25 heavy (non-hydrogen) atoms. The number of amides is 1. The van der Waals surface area contributed by atoms with Crippen molar-refractivity contribution in [2.75, 3.05) is 11.1 Å². The van der Waals surface area contributed by atoms with E-state index < -0.39 is 0 Å². The summed E-state index contributed by atoms with van der Waals surface area (Å²) in [7, 11) is 1.87. The minimum atomic E-state index is -0.112. The molecule has 0 atom stereocenters. The second-order valence-corrected chi connectivity index (χ2v) is 6.93. The standard InChI is InChI=1S/C17H17ClN4O2S/c1-10-8-12(18)4-5-14(10)19-15(23)9-25-17-21-20-16(22(17)3)13-6-7-24-11(13)2/h4-8H,9H2,1-3H3,(H,19,23). The van der Waals surface area contributed by atoms with E-state index in [1.807, 2.05) is 37.6 Å². The Balaban J connectivity index is 1.65. The van der Waals surface area contributed by atoms with Gasteiger partial charge >= 0.3 is 0 Å². The first-order valence-electron chi connectivity index (χ1n) is 7.58. The Morgan fingerprint density at radius 2 is 2.12 bits per heavy atom. The van der Waals surface area contributed by atoms with Crippen molar-refractivity contribution in [1.82, 2.24) is 14.8 Å². The lowest BCUT2D eigenvalue weighted by atomic mass is 10.2. The number of carbonyl (C=O) groups is 1. The molecule has 6 nitrogen and oxygen atoms in total. The number of anilines is 1. The van der Waals surface area contributed by atoms with Crippen molar-refractivity contribution in [3.63, 3.8) is 0 Å². The Morgan fingerprint density at radius 3 is 2.80 bits per heavy atom. The molecule has 0 saturated heterocycles. The Labute approximate surface area is 154 Å². The van der Waals surface area contributed by atoms with E-state index >= 15 is 0 Å².